The van der Waals surface area contributed by atoms with Crippen molar-refractivity contribution in [2.24, 2.45) is 0 Å². The standard InChI is InChI=1S/C13H25N3O3/c1-2-7-15-8-10-16(11-9-15)13(19)14-6-4-3-5-12(17)18/h2-11H2,1H3,(H,14,19)(H,17,18). The third kappa shape index (κ3) is 6.42. The number of hydrogen-bond acceptors (Lipinski definition) is 3. The van der Waals surface area contributed by atoms with E-state index in [0.717, 1.165) is 39.1 Å². The molecule has 0 saturated carbocycles. The van der Waals surface area contributed by atoms with Gasteiger partial charge >= 0.3 is 12.0 Å². The zero-order chi connectivity index (χ0) is 14.1. The first-order valence-electron chi connectivity index (χ1n) is 7.10. The molecule has 0 unspecified atom stereocenters. The van der Waals surface area contributed by atoms with Crippen LogP contribution in [0, 0.1) is 0 Å². The molecule has 0 bridgehead atoms. The van der Waals surface area contributed by atoms with Gasteiger partial charge in [0.15, 0.2) is 0 Å². The summed E-state index contributed by atoms with van der Waals surface area (Å²) in [4.78, 5) is 26.4. The van der Waals surface area contributed by atoms with Gasteiger partial charge in [0.05, 0.1) is 0 Å². The van der Waals surface area contributed by atoms with Crippen LogP contribution >= 0.6 is 0 Å². The molecule has 1 saturated heterocycles. The fourth-order valence-electron chi connectivity index (χ4n) is 2.20. The first kappa shape index (κ1) is 15.8. The number of carboxylic acid groups (broad SMARTS) is 1. The highest BCUT2D eigenvalue weighted by atomic mass is 16.4. The zero-order valence-corrected chi connectivity index (χ0v) is 11.7. The van der Waals surface area contributed by atoms with Crippen molar-refractivity contribution in [2.45, 2.75) is 32.6 Å². The van der Waals surface area contributed by atoms with E-state index >= 15 is 0 Å². The molecule has 1 rings (SSSR count). The molecule has 1 aliphatic rings. The van der Waals surface area contributed by atoms with Gasteiger partial charge in [0, 0.05) is 39.1 Å². The lowest BCUT2D eigenvalue weighted by Crippen LogP contribution is -2.51. The summed E-state index contributed by atoms with van der Waals surface area (Å²) in [6.07, 6.45) is 2.65. The topological polar surface area (TPSA) is 72.9 Å². The minimum atomic E-state index is -0.779. The maximum atomic E-state index is 11.8. The number of carbonyl (C=O) groups is 2. The maximum Gasteiger partial charge on any atom is 0.317 e. The van der Waals surface area contributed by atoms with Crippen LogP contribution in [-0.2, 0) is 4.79 Å². The Kier molecular flexibility index (Phi) is 7.25. The van der Waals surface area contributed by atoms with Gasteiger partial charge < -0.3 is 15.3 Å². The Morgan fingerprint density at radius 3 is 2.42 bits per heavy atom. The van der Waals surface area contributed by atoms with Gasteiger partial charge in [-0.3, -0.25) is 9.69 Å². The van der Waals surface area contributed by atoms with Crippen LogP contribution in [0.25, 0.3) is 0 Å². The molecule has 0 radical (unpaired) electrons. The van der Waals surface area contributed by atoms with E-state index in [0.29, 0.717) is 19.4 Å². The lowest BCUT2D eigenvalue weighted by molar-refractivity contribution is -0.137. The van der Waals surface area contributed by atoms with Crippen molar-refractivity contribution in [3.8, 4) is 0 Å². The van der Waals surface area contributed by atoms with Gasteiger partial charge in [-0.25, -0.2) is 4.79 Å². The molecule has 6 heteroatoms. The second-order valence-electron chi connectivity index (χ2n) is 4.91. The van der Waals surface area contributed by atoms with E-state index in [4.69, 9.17) is 5.11 Å². The molecule has 1 fully saturated rings. The van der Waals surface area contributed by atoms with Crippen molar-refractivity contribution < 1.29 is 14.7 Å². The van der Waals surface area contributed by atoms with Crippen LogP contribution in [0.15, 0.2) is 0 Å². The first-order valence-corrected chi connectivity index (χ1v) is 7.10. The molecular formula is C13H25N3O3. The van der Waals surface area contributed by atoms with Crippen molar-refractivity contribution in [3.05, 3.63) is 0 Å². The molecule has 0 aromatic rings. The molecule has 6 nitrogen and oxygen atoms in total. The largest absolute Gasteiger partial charge is 0.481 e. The van der Waals surface area contributed by atoms with E-state index in [-0.39, 0.29) is 12.5 Å². The molecular weight excluding hydrogens is 246 g/mol. The third-order valence-electron chi connectivity index (χ3n) is 3.29. The van der Waals surface area contributed by atoms with Crippen LogP contribution in [0.1, 0.15) is 32.6 Å². The van der Waals surface area contributed by atoms with Crippen molar-refractivity contribution in [2.75, 3.05) is 39.3 Å². The van der Waals surface area contributed by atoms with E-state index in [1.165, 1.54) is 0 Å². The highest BCUT2D eigenvalue weighted by Crippen LogP contribution is 2.03. The Morgan fingerprint density at radius 1 is 1.16 bits per heavy atom. The van der Waals surface area contributed by atoms with E-state index in [9.17, 15) is 9.59 Å². The summed E-state index contributed by atoms with van der Waals surface area (Å²) in [6.45, 7) is 7.27. The highest BCUT2D eigenvalue weighted by molar-refractivity contribution is 5.74. The molecule has 2 N–H and O–H groups in total. The highest BCUT2D eigenvalue weighted by Gasteiger charge is 2.19. The Hall–Kier alpha value is -1.30. The van der Waals surface area contributed by atoms with Gasteiger partial charge in [0.1, 0.15) is 0 Å². The van der Waals surface area contributed by atoms with Gasteiger partial charge in [-0.05, 0) is 25.8 Å². The average molecular weight is 271 g/mol. The SMILES string of the molecule is CCCN1CCN(C(=O)NCCCCC(=O)O)CC1. The molecule has 0 aliphatic carbocycles. The lowest BCUT2D eigenvalue weighted by atomic mass is 10.2. The molecule has 110 valence electrons. The van der Waals surface area contributed by atoms with Crippen molar-refractivity contribution in [1.82, 2.24) is 15.1 Å². The molecule has 1 aliphatic heterocycles. The molecule has 19 heavy (non-hydrogen) atoms. The summed E-state index contributed by atoms with van der Waals surface area (Å²) >= 11 is 0. The fraction of sp³-hybridized carbons (Fsp3) is 0.846. The minimum Gasteiger partial charge on any atom is -0.481 e. The number of amides is 2. The summed E-state index contributed by atoms with van der Waals surface area (Å²) in [5, 5.41) is 11.3. The van der Waals surface area contributed by atoms with E-state index < -0.39 is 5.97 Å². The summed E-state index contributed by atoms with van der Waals surface area (Å²) in [7, 11) is 0. The van der Waals surface area contributed by atoms with Crippen LogP contribution in [0.5, 0.6) is 0 Å². The normalized spacial score (nSPS) is 16.4. The van der Waals surface area contributed by atoms with Crippen molar-refractivity contribution in [1.29, 1.82) is 0 Å². The Labute approximate surface area is 114 Å². The number of carboxylic acids is 1. The van der Waals surface area contributed by atoms with Crippen molar-refractivity contribution >= 4 is 12.0 Å². The van der Waals surface area contributed by atoms with E-state index in [1.807, 2.05) is 4.90 Å². The van der Waals surface area contributed by atoms with Crippen LogP contribution in [-0.4, -0.2) is 66.2 Å². The maximum absolute atomic E-state index is 11.8. The summed E-state index contributed by atoms with van der Waals surface area (Å²) < 4.78 is 0. The smallest absolute Gasteiger partial charge is 0.317 e. The number of urea groups is 1. The second-order valence-corrected chi connectivity index (χ2v) is 4.91. The van der Waals surface area contributed by atoms with Gasteiger partial charge in [-0.1, -0.05) is 6.92 Å². The van der Waals surface area contributed by atoms with Gasteiger partial charge in [-0.2, -0.15) is 0 Å². The number of piperazine rings is 1. The van der Waals surface area contributed by atoms with Gasteiger partial charge in [0.25, 0.3) is 0 Å². The Bertz CT molecular complexity index is 289. The number of rotatable bonds is 7. The molecule has 1 heterocycles. The van der Waals surface area contributed by atoms with Crippen LogP contribution in [0.4, 0.5) is 4.79 Å². The van der Waals surface area contributed by atoms with Crippen LogP contribution in [0.2, 0.25) is 0 Å². The van der Waals surface area contributed by atoms with Crippen LogP contribution in [0.3, 0.4) is 0 Å². The number of nitrogens with zero attached hydrogens (tertiary/aromatic N) is 2. The molecule has 0 aromatic carbocycles. The van der Waals surface area contributed by atoms with Gasteiger partial charge in [-0.15, -0.1) is 0 Å². The quantitative estimate of drug-likeness (QED) is 0.677. The summed E-state index contributed by atoms with van der Waals surface area (Å²) in [6, 6.07) is -0.0218. The molecule has 0 aromatic heterocycles. The number of aliphatic carboxylic acids is 1. The second kappa shape index (κ2) is 8.74. The van der Waals surface area contributed by atoms with Crippen molar-refractivity contribution in [3.63, 3.8) is 0 Å². The summed E-state index contributed by atoms with van der Waals surface area (Å²) in [5.74, 6) is -0.779. The Morgan fingerprint density at radius 2 is 1.84 bits per heavy atom. The molecule has 2 amide bonds. The Balaban J connectivity index is 2.09. The van der Waals surface area contributed by atoms with E-state index in [2.05, 4.69) is 17.1 Å². The predicted octanol–water partition coefficient (Wildman–Crippen LogP) is 0.979. The summed E-state index contributed by atoms with van der Waals surface area (Å²) in [5.41, 5.74) is 0. The number of unbranched alkanes of at least 4 members (excludes halogenated alkanes) is 1. The number of nitrogens with one attached hydrogen (secondary N) is 1. The average Bonchev–Trinajstić information content (AvgIpc) is 2.39. The molecule has 0 atom stereocenters. The van der Waals surface area contributed by atoms with Crippen LogP contribution < -0.4 is 5.32 Å². The number of carbonyl (C=O) groups excluding carboxylic acids is 1. The first-order chi connectivity index (χ1) is 9.13. The predicted molar refractivity (Wildman–Crippen MR) is 73.2 cm³/mol. The monoisotopic (exact) mass is 271 g/mol. The zero-order valence-electron chi connectivity index (χ0n) is 11.7. The molecule has 0 spiro atoms. The van der Waals surface area contributed by atoms with Gasteiger partial charge in [0.2, 0.25) is 0 Å². The minimum absolute atomic E-state index is 0.0218. The van der Waals surface area contributed by atoms with E-state index in [1.54, 1.807) is 0 Å². The fourth-order valence-corrected chi connectivity index (χ4v) is 2.20. The lowest BCUT2D eigenvalue weighted by Gasteiger charge is -2.34. The third-order valence-corrected chi connectivity index (χ3v) is 3.29. The number of hydrogen-bond donors (Lipinski definition) is 2.